The zero-order valence-electron chi connectivity index (χ0n) is 8.39. The average Bonchev–Trinajstić information content (AvgIpc) is 2.31. The van der Waals surface area contributed by atoms with Crippen LogP contribution < -0.4 is 0 Å². The first-order valence-corrected chi connectivity index (χ1v) is 5.59. The molecule has 16 heavy (non-hydrogen) atoms. The first kappa shape index (κ1) is 10.9. The number of carbonyl (C=O) groups is 1. The Kier molecular flexibility index (Phi) is 3.37. The minimum Gasteiger partial charge on any atom is -0.298 e. The molecular formula is C13H9FOS. The quantitative estimate of drug-likeness (QED) is 0.749. The van der Waals surface area contributed by atoms with E-state index in [0.717, 1.165) is 9.79 Å². The minimum atomic E-state index is -0.476. The van der Waals surface area contributed by atoms with Crippen LogP contribution in [-0.4, -0.2) is 6.29 Å². The molecule has 0 aromatic heterocycles. The fraction of sp³-hybridized carbons (Fsp3) is 0. The van der Waals surface area contributed by atoms with Crippen LogP contribution in [0.15, 0.2) is 58.3 Å². The van der Waals surface area contributed by atoms with Crippen molar-refractivity contribution in [2.75, 3.05) is 0 Å². The highest BCUT2D eigenvalue weighted by Gasteiger charge is 2.03. The van der Waals surface area contributed by atoms with Gasteiger partial charge in [0.1, 0.15) is 5.82 Å². The third-order valence-corrected chi connectivity index (χ3v) is 3.08. The molecule has 0 aliphatic rings. The van der Waals surface area contributed by atoms with Crippen molar-refractivity contribution in [2.24, 2.45) is 0 Å². The maximum atomic E-state index is 13.3. The fourth-order valence-corrected chi connectivity index (χ4v) is 2.16. The minimum absolute atomic E-state index is 0.0948. The zero-order valence-corrected chi connectivity index (χ0v) is 9.21. The van der Waals surface area contributed by atoms with E-state index in [-0.39, 0.29) is 5.56 Å². The van der Waals surface area contributed by atoms with Gasteiger partial charge in [0.25, 0.3) is 0 Å². The van der Waals surface area contributed by atoms with Crippen molar-refractivity contribution in [2.45, 2.75) is 9.79 Å². The number of hydrogen-bond donors (Lipinski definition) is 0. The first-order chi connectivity index (χ1) is 7.79. The second-order valence-electron chi connectivity index (χ2n) is 3.22. The van der Waals surface area contributed by atoms with Gasteiger partial charge in [-0.3, -0.25) is 4.79 Å². The van der Waals surface area contributed by atoms with Gasteiger partial charge in [-0.05, 0) is 30.3 Å². The van der Waals surface area contributed by atoms with Gasteiger partial charge < -0.3 is 0 Å². The summed E-state index contributed by atoms with van der Waals surface area (Å²) in [6.45, 7) is 0. The van der Waals surface area contributed by atoms with E-state index in [1.807, 2.05) is 30.3 Å². The van der Waals surface area contributed by atoms with Gasteiger partial charge in [0, 0.05) is 9.79 Å². The molecule has 0 atom stereocenters. The Morgan fingerprint density at radius 3 is 2.38 bits per heavy atom. The molecule has 80 valence electrons. The molecule has 0 saturated carbocycles. The monoisotopic (exact) mass is 232 g/mol. The Morgan fingerprint density at radius 2 is 1.75 bits per heavy atom. The number of hydrogen-bond acceptors (Lipinski definition) is 2. The van der Waals surface area contributed by atoms with Crippen LogP contribution in [0.2, 0.25) is 0 Å². The Balaban J connectivity index is 2.23. The average molecular weight is 232 g/mol. The topological polar surface area (TPSA) is 17.1 Å². The summed E-state index contributed by atoms with van der Waals surface area (Å²) in [5.41, 5.74) is 0.0948. The third-order valence-electron chi connectivity index (χ3n) is 2.08. The van der Waals surface area contributed by atoms with Crippen molar-refractivity contribution < 1.29 is 9.18 Å². The summed E-state index contributed by atoms with van der Waals surface area (Å²) in [5.74, 6) is -0.476. The number of carbonyl (C=O) groups excluding carboxylic acids is 1. The SMILES string of the molecule is O=Cc1ccc(Sc2ccccc2)cc1F. The van der Waals surface area contributed by atoms with Crippen LogP contribution in [-0.2, 0) is 0 Å². The molecule has 0 fully saturated rings. The molecule has 2 aromatic carbocycles. The first-order valence-electron chi connectivity index (χ1n) is 4.77. The van der Waals surface area contributed by atoms with Crippen LogP contribution >= 0.6 is 11.8 Å². The van der Waals surface area contributed by atoms with Gasteiger partial charge in [0.05, 0.1) is 5.56 Å². The molecule has 0 radical (unpaired) electrons. The van der Waals surface area contributed by atoms with Crippen LogP contribution in [0.25, 0.3) is 0 Å². The molecule has 0 N–H and O–H groups in total. The molecule has 0 saturated heterocycles. The lowest BCUT2D eigenvalue weighted by atomic mass is 10.2. The number of benzene rings is 2. The standard InChI is InChI=1S/C13H9FOS/c14-13-8-12(7-6-10(13)9-15)16-11-4-2-1-3-5-11/h1-9H. The highest BCUT2D eigenvalue weighted by molar-refractivity contribution is 7.99. The molecular weight excluding hydrogens is 223 g/mol. The molecule has 1 nitrogen and oxygen atoms in total. The van der Waals surface area contributed by atoms with E-state index >= 15 is 0 Å². The second kappa shape index (κ2) is 4.94. The van der Waals surface area contributed by atoms with Crippen molar-refractivity contribution in [1.82, 2.24) is 0 Å². The van der Waals surface area contributed by atoms with Crippen LogP contribution in [0.3, 0.4) is 0 Å². The molecule has 2 aromatic rings. The van der Waals surface area contributed by atoms with Crippen LogP contribution in [0.4, 0.5) is 4.39 Å². The van der Waals surface area contributed by atoms with Crippen molar-refractivity contribution in [3.63, 3.8) is 0 Å². The van der Waals surface area contributed by atoms with Crippen molar-refractivity contribution in [3.05, 3.63) is 59.9 Å². The van der Waals surface area contributed by atoms with Gasteiger partial charge in [0.2, 0.25) is 0 Å². The third kappa shape index (κ3) is 2.49. The molecule has 3 heteroatoms. The normalized spacial score (nSPS) is 10.1. The predicted molar refractivity (Wildman–Crippen MR) is 62.4 cm³/mol. The maximum absolute atomic E-state index is 13.3. The molecule has 0 amide bonds. The highest BCUT2D eigenvalue weighted by atomic mass is 32.2. The van der Waals surface area contributed by atoms with Gasteiger partial charge >= 0.3 is 0 Å². The Morgan fingerprint density at radius 1 is 1.00 bits per heavy atom. The fourth-order valence-electron chi connectivity index (χ4n) is 1.29. The van der Waals surface area contributed by atoms with Gasteiger partial charge in [-0.2, -0.15) is 0 Å². The van der Waals surface area contributed by atoms with Crippen molar-refractivity contribution in [1.29, 1.82) is 0 Å². The van der Waals surface area contributed by atoms with E-state index in [4.69, 9.17) is 0 Å². The lowest BCUT2D eigenvalue weighted by Crippen LogP contribution is -1.87. The van der Waals surface area contributed by atoms with Crippen LogP contribution in [0, 0.1) is 5.82 Å². The smallest absolute Gasteiger partial charge is 0.152 e. The van der Waals surface area contributed by atoms with Crippen molar-refractivity contribution >= 4 is 18.0 Å². The van der Waals surface area contributed by atoms with Gasteiger partial charge in [-0.1, -0.05) is 30.0 Å². The molecule has 0 aliphatic heterocycles. The number of halogens is 1. The van der Waals surface area contributed by atoms with Crippen LogP contribution in [0.5, 0.6) is 0 Å². The summed E-state index contributed by atoms with van der Waals surface area (Å²) in [4.78, 5) is 12.3. The van der Waals surface area contributed by atoms with Gasteiger partial charge in [-0.25, -0.2) is 4.39 Å². The highest BCUT2D eigenvalue weighted by Crippen LogP contribution is 2.28. The largest absolute Gasteiger partial charge is 0.298 e. The Hall–Kier alpha value is -1.61. The zero-order chi connectivity index (χ0) is 11.4. The molecule has 0 heterocycles. The molecule has 0 bridgehead atoms. The Bertz CT molecular complexity index is 497. The van der Waals surface area contributed by atoms with E-state index in [0.29, 0.717) is 6.29 Å². The maximum Gasteiger partial charge on any atom is 0.152 e. The lowest BCUT2D eigenvalue weighted by molar-refractivity contribution is 0.111. The summed E-state index contributed by atoms with van der Waals surface area (Å²) >= 11 is 1.47. The lowest BCUT2D eigenvalue weighted by Gasteiger charge is -2.02. The predicted octanol–water partition coefficient (Wildman–Crippen LogP) is 3.79. The second-order valence-corrected chi connectivity index (χ2v) is 4.36. The van der Waals surface area contributed by atoms with E-state index in [1.54, 1.807) is 6.07 Å². The van der Waals surface area contributed by atoms with Gasteiger partial charge in [-0.15, -0.1) is 0 Å². The van der Waals surface area contributed by atoms with E-state index < -0.39 is 5.82 Å². The van der Waals surface area contributed by atoms with E-state index in [9.17, 15) is 9.18 Å². The summed E-state index contributed by atoms with van der Waals surface area (Å²) in [5, 5.41) is 0. The van der Waals surface area contributed by atoms with Crippen molar-refractivity contribution in [3.8, 4) is 0 Å². The summed E-state index contributed by atoms with van der Waals surface area (Å²) in [7, 11) is 0. The summed E-state index contributed by atoms with van der Waals surface area (Å²) in [6, 6.07) is 14.3. The number of aldehydes is 1. The number of rotatable bonds is 3. The van der Waals surface area contributed by atoms with E-state index in [2.05, 4.69) is 0 Å². The molecule has 0 spiro atoms. The van der Waals surface area contributed by atoms with Gasteiger partial charge in [0.15, 0.2) is 6.29 Å². The van der Waals surface area contributed by atoms with Crippen LogP contribution in [0.1, 0.15) is 10.4 Å². The molecule has 2 rings (SSSR count). The molecule has 0 unspecified atom stereocenters. The van der Waals surface area contributed by atoms with E-state index in [1.165, 1.54) is 23.9 Å². The molecule has 0 aliphatic carbocycles. The summed E-state index contributed by atoms with van der Waals surface area (Å²) < 4.78 is 13.3. The summed E-state index contributed by atoms with van der Waals surface area (Å²) in [6.07, 6.45) is 0.520. The Labute approximate surface area is 97.3 Å².